The largest absolute Gasteiger partial charge is 0.444 e. The normalized spacial score (nSPS) is 15.4. The molecule has 0 saturated carbocycles. The van der Waals surface area contributed by atoms with Crippen molar-refractivity contribution < 1.29 is 23.9 Å². The van der Waals surface area contributed by atoms with E-state index in [-0.39, 0.29) is 31.2 Å². The zero-order valence-electron chi connectivity index (χ0n) is 27.1. The number of anilines is 1. The third kappa shape index (κ3) is 8.52. The number of nitrogens with zero attached hydrogens (tertiary/aromatic N) is 3. The molecule has 2 heterocycles. The first-order chi connectivity index (χ1) is 23.0. The number of hydrazone groups is 1. The highest BCUT2D eigenvalue weighted by atomic mass is 16.6. The summed E-state index contributed by atoms with van der Waals surface area (Å²) < 4.78 is 11.9. The molecule has 248 valence electrons. The summed E-state index contributed by atoms with van der Waals surface area (Å²) >= 11 is 0. The second-order valence-corrected chi connectivity index (χ2v) is 12.4. The lowest BCUT2D eigenvalue weighted by molar-refractivity contribution is -0.130. The summed E-state index contributed by atoms with van der Waals surface area (Å²) in [7, 11) is 0. The van der Waals surface area contributed by atoms with E-state index in [2.05, 4.69) is 26.1 Å². The number of rotatable bonds is 10. The highest BCUT2D eigenvalue weighted by Gasteiger charge is 2.47. The maximum atomic E-state index is 14.1. The molecule has 3 aromatic carbocycles. The van der Waals surface area contributed by atoms with Gasteiger partial charge in [0, 0.05) is 19.4 Å². The molecule has 0 radical (unpaired) electrons. The van der Waals surface area contributed by atoms with Gasteiger partial charge in [0.15, 0.2) is 0 Å². The molecule has 5 rings (SSSR count). The predicted molar refractivity (Wildman–Crippen MR) is 180 cm³/mol. The Morgan fingerprint density at radius 1 is 0.917 bits per heavy atom. The minimum atomic E-state index is -1.29. The molecule has 0 aliphatic carbocycles. The Balaban J connectivity index is 1.31. The molecule has 0 spiro atoms. The van der Waals surface area contributed by atoms with Crippen molar-refractivity contribution in [1.29, 1.82) is 0 Å². The number of ether oxygens (including phenoxy) is 2. The molecular weight excluding hydrogens is 612 g/mol. The topological polar surface area (TPSA) is 153 Å². The Morgan fingerprint density at radius 2 is 1.58 bits per heavy atom. The fraction of sp³-hybridized carbons (Fsp3) is 0.278. The summed E-state index contributed by atoms with van der Waals surface area (Å²) in [5.74, 6) is 0.114. The van der Waals surface area contributed by atoms with Crippen LogP contribution in [0.15, 0.2) is 101 Å². The van der Waals surface area contributed by atoms with Crippen molar-refractivity contribution >= 4 is 30.0 Å². The first-order valence-electron chi connectivity index (χ1n) is 15.5. The smallest absolute Gasteiger partial charge is 0.428 e. The number of carbonyl (C=O) groups is 3. The fourth-order valence-electron chi connectivity index (χ4n) is 5.42. The standard InChI is InChI=1S/C36H38N6O6/c1-35(2,3)48-34(46)41-39-22-27-16-14-26(15-17-27)21-38-32(44)36(20-25-10-6-4-7-11-25)19-18-30-37-23-29(31(43)42(30)36)40-33(45)47-24-28-12-8-5-9-13-28/h4-17,22-23H,18-21,24H2,1-3H3,(H,38,44)(H,40,45)(H,41,46). The van der Waals surface area contributed by atoms with E-state index in [1.807, 2.05) is 72.8 Å². The van der Waals surface area contributed by atoms with Crippen molar-refractivity contribution in [2.45, 2.75) is 64.3 Å². The van der Waals surface area contributed by atoms with Crippen LogP contribution in [-0.4, -0.2) is 39.5 Å². The van der Waals surface area contributed by atoms with Gasteiger partial charge in [-0.15, -0.1) is 0 Å². The Hall–Kier alpha value is -5.78. The van der Waals surface area contributed by atoms with Crippen molar-refractivity contribution in [3.63, 3.8) is 0 Å². The predicted octanol–water partition coefficient (Wildman–Crippen LogP) is 5.05. The molecular formula is C36H38N6O6. The van der Waals surface area contributed by atoms with Gasteiger partial charge < -0.3 is 14.8 Å². The number of fused-ring (bicyclic) bond motifs is 1. The number of aryl methyl sites for hydroxylation is 1. The van der Waals surface area contributed by atoms with Gasteiger partial charge >= 0.3 is 12.2 Å². The van der Waals surface area contributed by atoms with Crippen LogP contribution in [0.25, 0.3) is 0 Å². The molecule has 3 amide bonds. The van der Waals surface area contributed by atoms with E-state index in [1.165, 1.54) is 17.0 Å². The molecule has 1 unspecified atom stereocenters. The van der Waals surface area contributed by atoms with Gasteiger partial charge in [0.05, 0.1) is 12.4 Å². The lowest BCUT2D eigenvalue weighted by Gasteiger charge is -2.31. The summed E-state index contributed by atoms with van der Waals surface area (Å²) in [6.45, 7) is 5.52. The minimum Gasteiger partial charge on any atom is -0.444 e. The van der Waals surface area contributed by atoms with Crippen molar-refractivity contribution in [3.05, 3.63) is 130 Å². The van der Waals surface area contributed by atoms with Crippen LogP contribution in [0.5, 0.6) is 0 Å². The molecule has 0 saturated heterocycles. The quantitative estimate of drug-likeness (QED) is 0.160. The summed E-state index contributed by atoms with van der Waals surface area (Å²) in [6.07, 6.45) is 2.33. The van der Waals surface area contributed by atoms with Crippen molar-refractivity contribution in [3.8, 4) is 0 Å². The highest BCUT2D eigenvalue weighted by Crippen LogP contribution is 2.34. The van der Waals surface area contributed by atoms with E-state index in [1.54, 1.807) is 32.9 Å². The number of aromatic nitrogens is 2. The number of carbonyl (C=O) groups excluding carboxylic acids is 3. The zero-order chi connectivity index (χ0) is 34.1. The average molecular weight is 651 g/mol. The molecule has 3 N–H and O–H groups in total. The minimum absolute atomic E-state index is 0.0312. The van der Waals surface area contributed by atoms with E-state index in [4.69, 9.17) is 9.47 Å². The Bertz CT molecular complexity index is 1840. The number of hydrogen-bond donors (Lipinski definition) is 3. The average Bonchev–Trinajstić information content (AvgIpc) is 3.44. The van der Waals surface area contributed by atoms with Crippen LogP contribution < -0.4 is 21.6 Å². The Morgan fingerprint density at radius 3 is 2.25 bits per heavy atom. The first kappa shape index (κ1) is 33.6. The molecule has 12 nitrogen and oxygen atoms in total. The number of hydrogen-bond acceptors (Lipinski definition) is 8. The second kappa shape index (κ2) is 14.8. The van der Waals surface area contributed by atoms with Crippen LogP contribution in [0.3, 0.4) is 0 Å². The van der Waals surface area contributed by atoms with Crippen molar-refractivity contribution in [2.24, 2.45) is 5.10 Å². The van der Waals surface area contributed by atoms with Gasteiger partial charge in [-0.2, -0.15) is 5.10 Å². The Kier molecular flexibility index (Phi) is 10.3. The third-order valence-corrected chi connectivity index (χ3v) is 7.64. The third-order valence-electron chi connectivity index (χ3n) is 7.64. The SMILES string of the molecule is CC(C)(C)OC(=O)NN=Cc1ccc(CNC(=O)C2(Cc3ccccc3)CCc3ncc(NC(=O)OCc4ccccc4)c(=O)n32)cc1. The van der Waals surface area contributed by atoms with Gasteiger partial charge in [-0.05, 0) is 49.4 Å². The molecule has 0 bridgehead atoms. The van der Waals surface area contributed by atoms with Gasteiger partial charge in [-0.25, -0.2) is 20.0 Å². The first-order valence-corrected chi connectivity index (χ1v) is 15.5. The molecule has 1 aliphatic rings. The molecule has 1 aromatic heterocycles. The van der Waals surface area contributed by atoms with Crippen molar-refractivity contribution in [1.82, 2.24) is 20.3 Å². The number of amides is 3. The Labute approximate surface area is 278 Å². The van der Waals surface area contributed by atoms with Gasteiger partial charge in [0.25, 0.3) is 5.56 Å². The lowest BCUT2D eigenvalue weighted by Crippen LogP contribution is -2.52. The van der Waals surface area contributed by atoms with Gasteiger partial charge in [0.1, 0.15) is 29.3 Å². The van der Waals surface area contributed by atoms with Crippen LogP contribution in [0.1, 0.15) is 55.3 Å². The van der Waals surface area contributed by atoms with Crippen LogP contribution in [0.4, 0.5) is 15.3 Å². The number of benzene rings is 3. The van der Waals surface area contributed by atoms with Gasteiger partial charge in [-0.3, -0.25) is 19.5 Å². The monoisotopic (exact) mass is 650 g/mol. The highest BCUT2D eigenvalue weighted by molar-refractivity contribution is 5.87. The molecule has 1 aliphatic heterocycles. The summed E-state index contributed by atoms with van der Waals surface area (Å²) in [4.78, 5) is 56.9. The van der Waals surface area contributed by atoms with E-state index in [9.17, 15) is 19.2 Å². The molecule has 0 fully saturated rings. The molecule has 12 heteroatoms. The summed E-state index contributed by atoms with van der Waals surface area (Å²) in [6, 6.07) is 25.9. The molecule has 4 aromatic rings. The van der Waals surface area contributed by atoms with E-state index >= 15 is 0 Å². The molecule has 1 atom stereocenters. The summed E-state index contributed by atoms with van der Waals surface area (Å²) in [5.41, 5.74) is 3.00. The van der Waals surface area contributed by atoms with Crippen LogP contribution in [0.2, 0.25) is 0 Å². The zero-order valence-corrected chi connectivity index (χ0v) is 27.1. The van der Waals surface area contributed by atoms with Crippen LogP contribution in [-0.2, 0) is 45.8 Å². The van der Waals surface area contributed by atoms with E-state index < -0.39 is 28.9 Å². The number of nitrogens with one attached hydrogen (secondary N) is 3. The van der Waals surface area contributed by atoms with E-state index in [0.29, 0.717) is 18.7 Å². The fourth-order valence-corrected chi connectivity index (χ4v) is 5.42. The molecule has 48 heavy (non-hydrogen) atoms. The van der Waals surface area contributed by atoms with Crippen LogP contribution in [0, 0.1) is 0 Å². The second-order valence-electron chi connectivity index (χ2n) is 12.4. The maximum Gasteiger partial charge on any atom is 0.428 e. The van der Waals surface area contributed by atoms with Gasteiger partial charge in [-0.1, -0.05) is 84.9 Å². The van der Waals surface area contributed by atoms with Crippen molar-refractivity contribution in [2.75, 3.05) is 5.32 Å². The van der Waals surface area contributed by atoms with Crippen LogP contribution >= 0.6 is 0 Å². The maximum absolute atomic E-state index is 14.1. The summed E-state index contributed by atoms with van der Waals surface area (Å²) in [5, 5.41) is 9.46. The van der Waals surface area contributed by atoms with E-state index in [0.717, 1.165) is 22.3 Å². The van der Waals surface area contributed by atoms with Gasteiger partial charge in [0.2, 0.25) is 5.91 Å². The lowest BCUT2D eigenvalue weighted by atomic mass is 9.87.